The van der Waals surface area contributed by atoms with E-state index in [-0.39, 0.29) is 5.75 Å². The van der Waals surface area contributed by atoms with E-state index in [0.717, 1.165) is 17.7 Å². The largest absolute Gasteiger partial charge is 0.399 e. The van der Waals surface area contributed by atoms with Crippen LogP contribution in [0.4, 0.5) is 5.69 Å². The van der Waals surface area contributed by atoms with E-state index in [1.54, 1.807) is 24.3 Å². The molecule has 3 N–H and O–H groups in total. The molecule has 1 atom stereocenters. The van der Waals surface area contributed by atoms with Crippen LogP contribution in [0.15, 0.2) is 24.3 Å². The topological polar surface area (TPSA) is 72.2 Å². The highest BCUT2D eigenvalue weighted by atomic mass is 32.2. The first kappa shape index (κ1) is 14.7. The van der Waals surface area contributed by atoms with E-state index in [0.29, 0.717) is 17.5 Å². The monoisotopic (exact) mass is 300 g/mol. The van der Waals surface area contributed by atoms with Gasteiger partial charge in [-0.3, -0.25) is 0 Å². The van der Waals surface area contributed by atoms with Gasteiger partial charge in [0.25, 0.3) is 0 Å². The van der Waals surface area contributed by atoms with Gasteiger partial charge in [-0.25, -0.2) is 13.1 Å². The molecule has 6 heteroatoms. The fourth-order valence-corrected chi connectivity index (χ4v) is 4.61. The average molecular weight is 300 g/mol. The Balaban J connectivity index is 1.85. The molecule has 1 heterocycles. The summed E-state index contributed by atoms with van der Waals surface area (Å²) in [4.78, 5) is 0. The standard InChI is InChI=1S/C13H20N2O2S2/c14-12-6-4-11(5-7-12)10-19(16,17)15-9-13-3-1-2-8-18-13/h4-7,13,15H,1-3,8-10,14H2. The SMILES string of the molecule is Nc1ccc(CS(=O)(=O)NCC2CCCCS2)cc1. The summed E-state index contributed by atoms with van der Waals surface area (Å²) in [6.07, 6.45) is 3.56. The second-order valence-corrected chi connectivity index (χ2v) is 8.05. The van der Waals surface area contributed by atoms with Crippen molar-refractivity contribution in [2.75, 3.05) is 18.0 Å². The predicted octanol–water partition coefficient (Wildman–Crippen LogP) is 1.97. The lowest BCUT2D eigenvalue weighted by molar-refractivity contribution is 0.573. The van der Waals surface area contributed by atoms with Crippen molar-refractivity contribution in [3.63, 3.8) is 0 Å². The minimum atomic E-state index is -3.25. The summed E-state index contributed by atoms with van der Waals surface area (Å²) in [6, 6.07) is 6.96. The minimum absolute atomic E-state index is 0.0185. The van der Waals surface area contributed by atoms with E-state index in [1.165, 1.54) is 12.8 Å². The molecule has 1 saturated heterocycles. The number of anilines is 1. The van der Waals surface area contributed by atoms with Gasteiger partial charge in [0.05, 0.1) is 5.75 Å². The first-order valence-corrected chi connectivity index (χ1v) is 9.19. The number of hydrogen-bond acceptors (Lipinski definition) is 4. The molecule has 2 rings (SSSR count). The zero-order chi connectivity index (χ0) is 13.7. The molecule has 0 aromatic heterocycles. The third-order valence-electron chi connectivity index (χ3n) is 3.14. The molecule has 1 unspecified atom stereocenters. The van der Waals surface area contributed by atoms with E-state index in [4.69, 9.17) is 5.73 Å². The number of benzene rings is 1. The van der Waals surface area contributed by atoms with E-state index in [2.05, 4.69) is 4.72 Å². The summed E-state index contributed by atoms with van der Waals surface area (Å²) in [7, 11) is -3.25. The van der Waals surface area contributed by atoms with Gasteiger partial charge in [-0.05, 0) is 36.3 Å². The number of nitrogens with two attached hydrogens (primary N) is 1. The quantitative estimate of drug-likeness (QED) is 0.816. The Morgan fingerprint density at radius 2 is 2.00 bits per heavy atom. The number of nitrogens with one attached hydrogen (secondary N) is 1. The summed E-state index contributed by atoms with van der Waals surface area (Å²) in [5, 5.41) is 0.426. The molecule has 1 aliphatic heterocycles. The van der Waals surface area contributed by atoms with Crippen LogP contribution < -0.4 is 10.5 Å². The summed E-state index contributed by atoms with van der Waals surface area (Å²) in [5.74, 6) is 1.16. The van der Waals surface area contributed by atoms with Gasteiger partial charge in [-0.1, -0.05) is 18.6 Å². The van der Waals surface area contributed by atoms with Gasteiger partial charge in [0, 0.05) is 17.5 Å². The Kier molecular flexibility index (Phi) is 5.13. The fourth-order valence-electron chi connectivity index (χ4n) is 2.07. The van der Waals surface area contributed by atoms with E-state index in [9.17, 15) is 8.42 Å². The molecule has 19 heavy (non-hydrogen) atoms. The van der Waals surface area contributed by atoms with Crippen LogP contribution >= 0.6 is 11.8 Å². The molecule has 0 saturated carbocycles. The van der Waals surface area contributed by atoms with Crippen molar-refractivity contribution in [2.24, 2.45) is 0 Å². The third kappa shape index (κ3) is 5.04. The number of nitrogen functional groups attached to an aromatic ring is 1. The van der Waals surface area contributed by atoms with Gasteiger partial charge < -0.3 is 5.73 Å². The highest BCUT2D eigenvalue weighted by Crippen LogP contribution is 2.24. The van der Waals surface area contributed by atoms with Crippen LogP contribution in [0.25, 0.3) is 0 Å². The molecular formula is C13H20N2O2S2. The summed E-state index contributed by atoms with van der Waals surface area (Å²) >= 11 is 1.87. The van der Waals surface area contributed by atoms with Gasteiger partial charge in [-0.15, -0.1) is 0 Å². The number of thioether (sulfide) groups is 1. The second kappa shape index (κ2) is 6.63. The number of hydrogen-bond donors (Lipinski definition) is 2. The first-order chi connectivity index (χ1) is 9.05. The van der Waals surface area contributed by atoms with Crippen LogP contribution in [0.1, 0.15) is 24.8 Å². The maximum absolute atomic E-state index is 12.0. The highest BCUT2D eigenvalue weighted by Gasteiger charge is 2.17. The van der Waals surface area contributed by atoms with Crippen molar-refractivity contribution in [3.8, 4) is 0 Å². The lowest BCUT2D eigenvalue weighted by atomic mass is 10.2. The molecule has 1 aliphatic rings. The molecule has 0 amide bonds. The molecule has 4 nitrogen and oxygen atoms in total. The zero-order valence-corrected chi connectivity index (χ0v) is 12.5. The number of sulfonamides is 1. The Morgan fingerprint density at radius 3 is 2.63 bits per heavy atom. The molecule has 0 aliphatic carbocycles. The van der Waals surface area contributed by atoms with Crippen molar-refractivity contribution in [3.05, 3.63) is 29.8 Å². The van der Waals surface area contributed by atoms with Crippen molar-refractivity contribution < 1.29 is 8.42 Å². The Morgan fingerprint density at radius 1 is 1.26 bits per heavy atom. The molecule has 1 aromatic rings. The smallest absolute Gasteiger partial charge is 0.215 e. The predicted molar refractivity (Wildman–Crippen MR) is 81.6 cm³/mol. The van der Waals surface area contributed by atoms with Crippen molar-refractivity contribution in [2.45, 2.75) is 30.3 Å². The van der Waals surface area contributed by atoms with Crippen LogP contribution in [0.3, 0.4) is 0 Å². The second-order valence-electron chi connectivity index (χ2n) is 4.84. The third-order valence-corrected chi connectivity index (χ3v) is 5.86. The van der Waals surface area contributed by atoms with Gasteiger partial charge in [0.1, 0.15) is 0 Å². The van der Waals surface area contributed by atoms with Gasteiger partial charge >= 0.3 is 0 Å². The highest BCUT2D eigenvalue weighted by molar-refractivity contribution is 8.00. The molecule has 0 bridgehead atoms. The lowest BCUT2D eigenvalue weighted by Crippen LogP contribution is -2.32. The summed E-state index contributed by atoms with van der Waals surface area (Å²) in [6.45, 7) is 0.544. The number of rotatable bonds is 5. The van der Waals surface area contributed by atoms with Crippen molar-refractivity contribution >= 4 is 27.5 Å². The fraction of sp³-hybridized carbons (Fsp3) is 0.538. The molecule has 106 valence electrons. The Bertz CT molecular complexity index is 494. The van der Waals surface area contributed by atoms with E-state index in [1.807, 2.05) is 11.8 Å². The molecule has 0 spiro atoms. The van der Waals surface area contributed by atoms with Crippen LogP contribution in [-0.4, -0.2) is 26.0 Å². The maximum Gasteiger partial charge on any atom is 0.215 e. The minimum Gasteiger partial charge on any atom is -0.399 e. The van der Waals surface area contributed by atoms with Gasteiger partial charge in [0.2, 0.25) is 10.0 Å². The molecule has 0 radical (unpaired) electrons. The zero-order valence-electron chi connectivity index (χ0n) is 10.8. The van der Waals surface area contributed by atoms with Crippen LogP contribution in [-0.2, 0) is 15.8 Å². The molecule has 1 fully saturated rings. The summed E-state index contributed by atoms with van der Waals surface area (Å²) in [5.41, 5.74) is 6.99. The first-order valence-electron chi connectivity index (χ1n) is 6.48. The summed E-state index contributed by atoms with van der Waals surface area (Å²) < 4.78 is 26.7. The van der Waals surface area contributed by atoms with Crippen LogP contribution in [0.5, 0.6) is 0 Å². The van der Waals surface area contributed by atoms with Gasteiger partial charge in [0.15, 0.2) is 0 Å². The maximum atomic E-state index is 12.0. The Labute approximate surface area is 119 Å². The molecule has 1 aromatic carbocycles. The average Bonchev–Trinajstić information content (AvgIpc) is 2.40. The normalized spacial score (nSPS) is 20.3. The Hall–Kier alpha value is -0.720. The lowest BCUT2D eigenvalue weighted by Gasteiger charge is -2.21. The van der Waals surface area contributed by atoms with E-state index >= 15 is 0 Å². The van der Waals surface area contributed by atoms with Gasteiger partial charge in [-0.2, -0.15) is 11.8 Å². The molecular weight excluding hydrogens is 280 g/mol. The van der Waals surface area contributed by atoms with E-state index < -0.39 is 10.0 Å². The van der Waals surface area contributed by atoms with Crippen molar-refractivity contribution in [1.29, 1.82) is 0 Å². The van der Waals surface area contributed by atoms with Crippen LogP contribution in [0.2, 0.25) is 0 Å². The van der Waals surface area contributed by atoms with Crippen LogP contribution in [0, 0.1) is 0 Å². The van der Waals surface area contributed by atoms with Crippen molar-refractivity contribution in [1.82, 2.24) is 4.72 Å².